The van der Waals surface area contributed by atoms with Gasteiger partial charge in [0.25, 0.3) is 0 Å². The lowest BCUT2D eigenvalue weighted by Gasteiger charge is -2.02. The molecule has 10 heavy (non-hydrogen) atoms. The Morgan fingerprint density at radius 1 is 1.70 bits per heavy atom. The van der Waals surface area contributed by atoms with Crippen molar-refractivity contribution < 1.29 is 14.3 Å². The Bertz CT molecular complexity index is 122. The summed E-state index contributed by atoms with van der Waals surface area (Å²) in [6.45, 7) is 4.10. The molecule has 1 saturated heterocycles. The third kappa shape index (κ3) is 1.90. The van der Waals surface area contributed by atoms with Crippen molar-refractivity contribution in [2.24, 2.45) is 0 Å². The van der Waals surface area contributed by atoms with E-state index in [1.165, 1.54) is 0 Å². The quantitative estimate of drug-likeness (QED) is 0.562. The van der Waals surface area contributed by atoms with E-state index in [0.717, 1.165) is 19.3 Å². The molecule has 0 bridgehead atoms. The molecule has 0 N–H and O–H groups in total. The van der Waals surface area contributed by atoms with Crippen molar-refractivity contribution in [2.45, 2.75) is 25.4 Å². The van der Waals surface area contributed by atoms with Crippen LogP contribution in [-0.2, 0) is 9.47 Å². The van der Waals surface area contributed by atoms with E-state index in [4.69, 9.17) is 4.74 Å². The second kappa shape index (κ2) is 3.44. The zero-order valence-corrected chi connectivity index (χ0v) is 5.84. The van der Waals surface area contributed by atoms with E-state index >= 15 is 0 Å². The minimum absolute atomic E-state index is 0.0192. The third-order valence-corrected chi connectivity index (χ3v) is 1.43. The van der Waals surface area contributed by atoms with Gasteiger partial charge in [-0.2, -0.15) is 0 Å². The average molecular weight is 143 g/mol. The minimum atomic E-state index is -0.533. The first-order valence-electron chi connectivity index (χ1n) is 3.45. The van der Waals surface area contributed by atoms with Gasteiger partial charge in [0, 0.05) is 0 Å². The molecule has 1 aliphatic rings. The summed E-state index contributed by atoms with van der Waals surface area (Å²) in [5.74, 6) is 0. The molecule has 1 radical (unpaired) electrons. The van der Waals surface area contributed by atoms with Crippen LogP contribution < -0.4 is 0 Å². The Morgan fingerprint density at radius 2 is 2.50 bits per heavy atom. The molecule has 3 nitrogen and oxygen atoms in total. The monoisotopic (exact) mass is 143 g/mol. The van der Waals surface area contributed by atoms with Gasteiger partial charge in [-0.05, 0) is 12.8 Å². The van der Waals surface area contributed by atoms with Crippen LogP contribution in [0.3, 0.4) is 0 Å². The van der Waals surface area contributed by atoms with Crippen LogP contribution in [0.25, 0.3) is 0 Å². The number of hydrogen-bond acceptors (Lipinski definition) is 3. The van der Waals surface area contributed by atoms with Gasteiger partial charge >= 0.3 is 6.16 Å². The van der Waals surface area contributed by atoms with E-state index in [1.54, 1.807) is 0 Å². The standard InChI is InChI=1S/C7H11O3/c1-2-3-4-6-5-9-7(8)10-6/h6H,1-5H2. The fourth-order valence-corrected chi connectivity index (χ4v) is 0.879. The summed E-state index contributed by atoms with van der Waals surface area (Å²) >= 11 is 0. The van der Waals surface area contributed by atoms with Crippen LogP contribution in [0.4, 0.5) is 4.79 Å². The van der Waals surface area contributed by atoms with Gasteiger partial charge in [0.1, 0.15) is 12.7 Å². The summed E-state index contributed by atoms with van der Waals surface area (Å²) in [4.78, 5) is 10.4. The van der Waals surface area contributed by atoms with Gasteiger partial charge in [-0.1, -0.05) is 13.3 Å². The predicted octanol–water partition coefficient (Wildman–Crippen LogP) is 1.53. The zero-order chi connectivity index (χ0) is 7.40. The number of rotatable bonds is 3. The van der Waals surface area contributed by atoms with Crippen molar-refractivity contribution in [3.8, 4) is 0 Å². The molecule has 1 rings (SSSR count). The average Bonchev–Trinajstić information content (AvgIpc) is 2.31. The smallest absolute Gasteiger partial charge is 0.430 e. The Kier molecular flexibility index (Phi) is 2.54. The lowest BCUT2D eigenvalue weighted by Crippen LogP contribution is -2.08. The normalized spacial score (nSPS) is 24.1. The maximum absolute atomic E-state index is 10.4. The number of ether oxygens (including phenoxy) is 2. The van der Waals surface area contributed by atoms with Crippen LogP contribution in [0, 0.1) is 6.92 Å². The van der Waals surface area contributed by atoms with Gasteiger partial charge in [0.05, 0.1) is 0 Å². The molecule has 0 aromatic heterocycles. The van der Waals surface area contributed by atoms with E-state index in [1.807, 2.05) is 0 Å². The molecule has 0 aliphatic carbocycles. The van der Waals surface area contributed by atoms with Gasteiger partial charge in [-0.15, -0.1) is 0 Å². The fraction of sp³-hybridized carbons (Fsp3) is 0.714. The van der Waals surface area contributed by atoms with Gasteiger partial charge in [0.2, 0.25) is 0 Å². The van der Waals surface area contributed by atoms with E-state index in [-0.39, 0.29) is 6.10 Å². The Labute approximate surface area is 60.3 Å². The molecular formula is C7H11O3. The van der Waals surface area contributed by atoms with E-state index < -0.39 is 6.16 Å². The number of hydrogen-bond donors (Lipinski definition) is 0. The summed E-state index contributed by atoms with van der Waals surface area (Å²) < 4.78 is 9.36. The van der Waals surface area contributed by atoms with Crippen LogP contribution in [0.15, 0.2) is 0 Å². The van der Waals surface area contributed by atoms with Crippen molar-refractivity contribution in [3.63, 3.8) is 0 Å². The number of carbonyl (C=O) groups excluding carboxylic acids is 1. The molecule has 1 aliphatic heterocycles. The molecule has 0 amide bonds. The third-order valence-electron chi connectivity index (χ3n) is 1.43. The largest absolute Gasteiger partial charge is 0.508 e. The van der Waals surface area contributed by atoms with Gasteiger partial charge in [0.15, 0.2) is 0 Å². The summed E-state index contributed by atoms with van der Waals surface area (Å²) in [5, 5.41) is 0. The summed E-state index contributed by atoms with van der Waals surface area (Å²) in [6, 6.07) is 0. The summed E-state index contributed by atoms with van der Waals surface area (Å²) in [5.41, 5.74) is 0. The highest BCUT2D eigenvalue weighted by Crippen LogP contribution is 2.12. The van der Waals surface area contributed by atoms with Crippen LogP contribution in [0.1, 0.15) is 19.3 Å². The first-order chi connectivity index (χ1) is 4.83. The molecule has 1 atom stereocenters. The van der Waals surface area contributed by atoms with Crippen molar-refractivity contribution in [1.29, 1.82) is 0 Å². The Balaban J connectivity index is 2.12. The lowest BCUT2D eigenvalue weighted by atomic mass is 10.2. The van der Waals surface area contributed by atoms with Gasteiger partial charge < -0.3 is 9.47 Å². The predicted molar refractivity (Wildman–Crippen MR) is 35.4 cm³/mol. The topological polar surface area (TPSA) is 35.5 Å². The summed E-state index contributed by atoms with van der Waals surface area (Å²) in [7, 11) is 0. The Morgan fingerprint density at radius 3 is 3.00 bits per heavy atom. The highest BCUT2D eigenvalue weighted by molar-refractivity contribution is 5.61. The zero-order valence-electron chi connectivity index (χ0n) is 5.84. The van der Waals surface area contributed by atoms with Crippen molar-refractivity contribution in [1.82, 2.24) is 0 Å². The molecule has 1 fully saturated rings. The SMILES string of the molecule is [CH2]CCCC1COC(=O)O1. The molecule has 1 heterocycles. The van der Waals surface area contributed by atoms with Crippen LogP contribution >= 0.6 is 0 Å². The molecule has 3 heteroatoms. The van der Waals surface area contributed by atoms with Gasteiger partial charge in [-0.3, -0.25) is 0 Å². The number of carbonyl (C=O) groups is 1. The highest BCUT2D eigenvalue weighted by Gasteiger charge is 2.23. The first kappa shape index (κ1) is 7.38. The van der Waals surface area contributed by atoms with Crippen LogP contribution in [0.2, 0.25) is 0 Å². The second-order valence-corrected chi connectivity index (χ2v) is 2.30. The number of unbranched alkanes of at least 4 members (excludes halogenated alkanes) is 1. The maximum Gasteiger partial charge on any atom is 0.508 e. The van der Waals surface area contributed by atoms with Crippen LogP contribution in [-0.4, -0.2) is 18.9 Å². The molecule has 0 saturated carbocycles. The van der Waals surface area contributed by atoms with E-state index in [9.17, 15) is 4.79 Å². The van der Waals surface area contributed by atoms with E-state index in [2.05, 4.69) is 11.7 Å². The second-order valence-electron chi connectivity index (χ2n) is 2.30. The maximum atomic E-state index is 10.4. The molecule has 0 aromatic carbocycles. The van der Waals surface area contributed by atoms with Crippen molar-refractivity contribution >= 4 is 6.16 Å². The lowest BCUT2D eigenvalue weighted by molar-refractivity contribution is 0.115. The Hall–Kier alpha value is -0.730. The van der Waals surface area contributed by atoms with Gasteiger partial charge in [-0.25, -0.2) is 4.79 Å². The highest BCUT2D eigenvalue weighted by atomic mass is 16.8. The minimum Gasteiger partial charge on any atom is -0.430 e. The van der Waals surface area contributed by atoms with Crippen molar-refractivity contribution in [2.75, 3.05) is 6.61 Å². The van der Waals surface area contributed by atoms with E-state index in [0.29, 0.717) is 6.61 Å². The molecular weight excluding hydrogens is 132 g/mol. The molecule has 0 spiro atoms. The van der Waals surface area contributed by atoms with Crippen molar-refractivity contribution in [3.05, 3.63) is 6.92 Å². The fourth-order valence-electron chi connectivity index (χ4n) is 0.879. The molecule has 1 unspecified atom stereocenters. The number of cyclic esters (lactones) is 2. The van der Waals surface area contributed by atoms with Crippen LogP contribution in [0.5, 0.6) is 0 Å². The molecule has 57 valence electrons. The first-order valence-corrected chi connectivity index (χ1v) is 3.45. The summed E-state index contributed by atoms with van der Waals surface area (Å²) in [6.07, 6.45) is 2.19. The molecule has 0 aromatic rings.